The van der Waals surface area contributed by atoms with E-state index in [1.165, 1.54) is 11.3 Å². The Morgan fingerprint density at radius 1 is 1.62 bits per heavy atom. The number of nitrogens with zero attached hydrogens (tertiary/aromatic N) is 1. The lowest BCUT2D eigenvalue weighted by atomic mass is 9.99. The molecule has 0 spiro atoms. The van der Waals surface area contributed by atoms with Crippen LogP contribution in [0, 0.1) is 0 Å². The van der Waals surface area contributed by atoms with Crippen LogP contribution in [0.25, 0.3) is 0 Å². The molecule has 0 saturated heterocycles. The van der Waals surface area contributed by atoms with Gasteiger partial charge in [0.25, 0.3) is 5.91 Å². The van der Waals surface area contributed by atoms with Crippen molar-refractivity contribution in [2.24, 2.45) is 0 Å². The maximum absolute atomic E-state index is 12.0. The fraction of sp³-hybridized carbons (Fsp3) is 0.467. The number of carbonyl (C=O) groups excluding carboxylic acids is 1. The van der Waals surface area contributed by atoms with E-state index < -0.39 is 5.60 Å². The summed E-state index contributed by atoms with van der Waals surface area (Å²) >= 11 is 1.50. The monoisotopic (exact) mass is 308 g/mol. The average Bonchev–Trinajstić information content (AvgIpc) is 3.14. The van der Waals surface area contributed by atoms with Gasteiger partial charge in [0, 0.05) is 12.0 Å². The SMILES string of the molecule is CCC(C)c1cc(C(=O)NCC(C)(O)c2ccsc2)on1. The molecule has 2 atom stereocenters. The number of nitrogens with one attached hydrogen (secondary N) is 1. The van der Waals surface area contributed by atoms with Gasteiger partial charge in [0.05, 0.1) is 12.2 Å². The van der Waals surface area contributed by atoms with E-state index >= 15 is 0 Å². The first-order chi connectivity index (χ1) is 9.94. The second kappa shape index (κ2) is 6.41. The van der Waals surface area contributed by atoms with E-state index in [0.717, 1.165) is 17.7 Å². The van der Waals surface area contributed by atoms with Gasteiger partial charge in [-0.2, -0.15) is 11.3 Å². The third-order valence-corrected chi connectivity index (χ3v) is 4.29. The molecule has 2 unspecified atom stereocenters. The van der Waals surface area contributed by atoms with E-state index in [0.29, 0.717) is 0 Å². The summed E-state index contributed by atoms with van der Waals surface area (Å²) in [7, 11) is 0. The molecule has 21 heavy (non-hydrogen) atoms. The predicted molar refractivity (Wildman–Crippen MR) is 81.4 cm³/mol. The highest BCUT2D eigenvalue weighted by molar-refractivity contribution is 7.08. The molecule has 114 valence electrons. The lowest BCUT2D eigenvalue weighted by Crippen LogP contribution is -2.38. The van der Waals surface area contributed by atoms with Crippen LogP contribution in [-0.4, -0.2) is 22.7 Å². The van der Waals surface area contributed by atoms with E-state index in [1.54, 1.807) is 13.0 Å². The minimum Gasteiger partial charge on any atom is -0.384 e. The topological polar surface area (TPSA) is 75.4 Å². The molecule has 0 saturated carbocycles. The summed E-state index contributed by atoms with van der Waals surface area (Å²) in [4.78, 5) is 12.0. The Kier molecular flexibility index (Phi) is 4.80. The zero-order valence-electron chi connectivity index (χ0n) is 12.4. The van der Waals surface area contributed by atoms with Crippen LogP contribution in [0.1, 0.15) is 54.9 Å². The van der Waals surface area contributed by atoms with Gasteiger partial charge in [-0.15, -0.1) is 0 Å². The molecule has 0 aliphatic heterocycles. The number of amides is 1. The number of thiophene rings is 1. The summed E-state index contributed by atoms with van der Waals surface area (Å²) in [6, 6.07) is 3.50. The van der Waals surface area contributed by atoms with Crippen LogP contribution in [0.2, 0.25) is 0 Å². The van der Waals surface area contributed by atoms with Crippen LogP contribution < -0.4 is 5.32 Å². The Hall–Kier alpha value is -1.66. The van der Waals surface area contributed by atoms with Crippen LogP contribution in [0.4, 0.5) is 0 Å². The van der Waals surface area contributed by atoms with Crippen LogP contribution >= 0.6 is 11.3 Å². The molecular weight excluding hydrogens is 288 g/mol. The summed E-state index contributed by atoms with van der Waals surface area (Å²) in [6.45, 7) is 5.86. The van der Waals surface area contributed by atoms with E-state index in [-0.39, 0.29) is 24.1 Å². The highest BCUT2D eigenvalue weighted by Gasteiger charge is 2.25. The maximum Gasteiger partial charge on any atom is 0.290 e. The number of carbonyl (C=O) groups is 1. The number of aliphatic hydroxyl groups is 1. The molecule has 5 nitrogen and oxygen atoms in total. The first-order valence-electron chi connectivity index (χ1n) is 6.94. The molecule has 2 rings (SSSR count). The Morgan fingerprint density at radius 2 is 2.38 bits per heavy atom. The Balaban J connectivity index is 1.97. The molecule has 0 radical (unpaired) electrons. The van der Waals surface area contributed by atoms with Gasteiger partial charge < -0.3 is 14.9 Å². The molecule has 0 aliphatic rings. The van der Waals surface area contributed by atoms with Crippen LogP contribution in [-0.2, 0) is 5.60 Å². The van der Waals surface area contributed by atoms with E-state index in [4.69, 9.17) is 4.52 Å². The smallest absolute Gasteiger partial charge is 0.290 e. The standard InChI is InChI=1S/C15H20N2O3S/c1-4-10(2)12-7-13(20-17-12)14(18)16-9-15(3,19)11-5-6-21-8-11/h5-8,10,19H,4,9H2,1-3H3,(H,16,18). The van der Waals surface area contributed by atoms with Crippen molar-refractivity contribution < 1.29 is 14.4 Å². The van der Waals surface area contributed by atoms with E-state index in [1.807, 2.05) is 23.8 Å². The molecule has 6 heteroatoms. The minimum absolute atomic E-state index is 0.113. The van der Waals surface area contributed by atoms with Gasteiger partial charge in [-0.25, -0.2) is 0 Å². The van der Waals surface area contributed by atoms with Gasteiger partial charge in [-0.1, -0.05) is 19.0 Å². The predicted octanol–water partition coefficient (Wildman–Crippen LogP) is 2.89. The zero-order valence-corrected chi connectivity index (χ0v) is 13.2. The summed E-state index contributed by atoms with van der Waals surface area (Å²) in [6.07, 6.45) is 0.931. The second-order valence-electron chi connectivity index (χ2n) is 5.39. The van der Waals surface area contributed by atoms with Gasteiger partial charge in [0.15, 0.2) is 0 Å². The van der Waals surface area contributed by atoms with Gasteiger partial charge >= 0.3 is 0 Å². The van der Waals surface area contributed by atoms with Crippen molar-refractivity contribution in [1.29, 1.82) is 0 Å². The number of hydrogen-bond acceptors (Lipinski definition) is 5. The maximum atomic E-state index is 12.0. The largest absolute Gasteiger partial charge is 0.384 e. The van der Waals surface area contributed by atoms with Crippen molar-refractivity contribution in [1.82, 2.24) is 10.5 Å². The van der Waals surface area contributed by atoms with Crippen LogP contribution in [0.3, 0.4) is 0 Å². The molecule has 0 bridgehead atoms. The minimum atomic E-state index is -1.10. The van der Waals surface area contributed by atoms with Gasteiger partial charge in [-0.05, 0) is 35.7 Å². The molecule has 2 aromatic heterocycles. The molecular formula is C15H20N2O3S. The molecule has 0 aliphatic carbocycles. The molecule has 0 aromatic carbocycles. The quantitative estimate of drug-likeness (QED) is 0.860. The first-order valence-corrected chi connectivity index (χ1v) is 7.88. The van der Waals surface area contributed by atoms with Crippen molar-refractivity contribution >= 4 is 17.2 Å². The van der Waals surface area contributed by atoms with Gasteiger partial charge in [-0.3, -0.25) is 4.79 Å². The fourth-order valence-electron chi connectivity index (χ4n) is 1.85. The van der Waals surface area contributed by atoms with Crippen molar-refractivity contribution in [3.05, 3.63) is 39.9 Å². The first kappa shape index (κ1) is 15.7. The number of hydrogen-bond donors (Lipinski definition) is 2. The normalized spacial score (nSPS) is 15.4. The van der Waals surface area contributed by atoms with Crippen LogP contribution in [0.15, 0.2) is 27.4 Å². The third kappa shape index (κ3) is 3.71. The third-order valence-electron chi connectivity index (χ3n) is 3.61. The Labute approximate surface area is 128 Å². The van der Waals surface area contributed by atoms with Crippen molar-refractivity contribution in [3.63, 3.8) is 0 Å². The van der Waals surface area contributed by atoms with Gasteiger partial charge in [0.1, 0.15) is 5.60 Å². The molecule has 1 amide bonds. The molecule has 2 heterocycles. The summed E-state index contributed by atoms with van der Waals surface area (Å²) in [5, 5.41) is 20.7. The lowest BCUT2D eigenvalue weighted by molar-refractivity contribution is 0.0520. The average molecular weight is 308 g/mol. The molecule has 0 fully saturated rings. The molecule has 2 N–H and O–H groups in total. The van der Waals surface area contributed by atoms with Crippen molar-refractivity contribution in [2.45, 2.75) is 38.7 Å². The highest BCUT2D eigenvalue weighted by atomic mass is 32.1. The van der Waals surface area contributed by atoms with Crippen LogP contribution in [0.5, 0.6) is 0 Å². The number of rotatable bonds is 6. The Bertz CT molecular complexity index is 590. The second-order valence-corrected chi connectivity index (χ2v) is 6.17. The van der Waals surface area contributed by atoms with Crippen molar-refractivity contribution in [3.8, 4) is 0 Å². The zero-order chi connectivity index (χ0) is 15.5. The Morgan fingerprint density at radius 3 is 3.00 bits per heavy atom. The van der Waals surface area contributed by atoms with Crippen molar-refractivity contribution in [2.75, 3.05) is 6.54 Å². The fourth-order valence-corrected chi connectivity index (χ4v) is 2.63. The van der Waals surface area contributed by atoms with E-state index in [2.05, 4.69) is 17.4 Å². The summed E-state index contributed by atoms with van der Waals surface area (Å²) < 4.78 is 5.06. The summed E-state index contributed by atoms with van der Waals surface area (Å²) in [5.41, 5.74) is 0.452. The lowest BCUT2D eigenvalue weighted by Gasteiger charge is -2.22. The number of aromatic nitrogens is 1. The molecule has 2 aromatic rings. The summed E-state index contributed by atoms with van der Waals surface area (Å²) in [5.74, 6) is 0.0585. The van der Waals surface area contributed by atoms with E-state index in [9.17, 15) is 9.90 Å². The highest BCUT2D eigenvalue weighted by Crippen LogP contribution is 2.22. The van der Waals surface area contributed by atoms with Gasteiger partial charge in [0.2, 0.25) is 5.76 Å².